The number of fused-ring (bicyclic) bond motifs is 1. The molecule has 2 aromatic carbocycles. The number of aromatic nitrogens is 1. The third kappa shape index (κ3) is 4.46. The van der Waals surface area contributed by atoms with Crippen molar-refractivity contribution in [2.24, 2.45) is 0 Å². The number of carbonyl (C=O) groups is 1. The second kappa shape index (κ2) is 9.80. The van der Waals surface area contributed by atoms with E-state index in [1.165, 1.54) is 19.2 Å². The van der Waals surface area contributed by atoms with Crippen molar-refractivity contribution in [3.05, 3.63) is 65.1 Å². The summed E-state index contributed by atoms with van der Waals surface area (Å²) >= 11 is 0. The minimum absolute atomic E-state index is 0.151. The Morgan fingerprint density at radius 3 is 2.46 bits per heavy atom. The Labute approximate surface area is 164 Å². The first-order valence-corrected chi connectivity index (χ1v) is 9.09. The molecule has 6 heteroatoms. The van der Waals surface area contributed by atoms with Gasteiger partial charge < -0.3 is 9.84 Å². The zero-order valence-electron chi connectivity index (χ0n) is 16.6. The van der Waals surface area contributed by atoms with E-state index in [4.69, 9.17) is 4.74 Å². The molecule has 0 aliphatic heterocycles. The van der Waals surface area contributed by atoms with E-state index in [0.29, 0.717) is 41.6 Å². The Balaban J connectivity index is 0.00000136. The summed E-state index contributed by atoms with van der Waals surface area (Å²) in [5.41, 5.74) is 2.02. The standard InChI is InChI=1S/C20H19FN2O3.C2H6/c1-23(10-13-5-7-14(21)8-6-13)11-16-17(12-24)19(25)18-15(20(16)26-2)4-3-9-22-18;1-2/h3-9,12,25H,10-11H2,1-2H3;1-2H3. The number of rotatable bonds is 6. The van der Waals surface area contributed by atoms with Gasteiger partial charge in [0.2, 0.25) is 0 Å². The van der Waals surface area contributed by atoms with Crippen molar-refractivity contribution in [1.29, 1.82) is 0 Å². The molecule has 28 heavy (non-hydrogen) atoms. The molecule has 0 bridgehead atoms. The summed E-state index contributed by atoms with van der Waals surface area (Å²) < 4.78 is 18.6. The molecule has 5 nitrogen and oxygen atoms in total. The lowest BCUT2D eigenvalue weighted by molar-refractivity contribution is 0.111. The molecule has 3 aromatic rings. The highest BCUT2D eigenvalue weighted by molar-refractivity contribution is 5.99. The summed E-state index contributed by atoms with van der Waals surface area (Å²) in [6, 6.07) is 9.79. The Morgan fingerprint density at radius 1 is 1.18 bits per heavy atom. The van der Waals surface area contributed by atoms with Gasteiger partial charge in [0.25, 0.3) is 0 Å². The van der Waals surface area contributed by atoms with Crippen LogP contribution in [-0.4, -0.2) is 35.4 Å². The minimum atomic E-state index is -0.284. The predicted molar refractivity (Wildman–Crippen MR) is 108 cm³/mol. The molecule has 0 amide bonds. The average Bonchev–Trinajstić information content (AvgIpc) is 2.72. The molecule has 0 atom stereocenters. The Morgan fingerprint density at radius 2 is 1.86 bits per heavy atom. The average molecular weight is 384 g/mol. The second-order valence-electron chi connectivity index (χ2n) is 6.09. The van der Waals surface area contributed by atoms with Gasteiger partial charge in [-0.2, -0.15) is 0 Å². The first kappa shape index (κ1) is 21.3. The van der Waals surface area contributed by atoms with Crippen molar-refractivity contribution < 1.29 is 19.0 Å². The Kier molecular flexibility index (Phi) is 7.46. The molecule has 148 valence electrons. The molecule has 0 saturated heterocycles. The van der Waals surface area contributed by atoms with Crippen LogP contribution in [0.1, 0.15) is 35.3 Å². The summed E-state index contributed by atoms with van der Waals surface area (Å²) in [5.74, 6) is 0.0776. The van der Waals surface area contributed by atoms with Gasteiger partial charge in [0.05, 0.1) is 12.7 Å². The van der Waals surface area contributed by atoms with E-state index in [-0.39, 0.29) is 17.1 Å². The number of halogens is 1. The monoisotopic (exact) mass is 384 g/mol. The zero-order chi connectivity index (χ0) is 20.7. The first-order chi connectivity index (χ1) is 13.5. The summed E-state index contributed by atoms with van der Waals surface area (Å²) in [6.07, 6.45) is 2.17. The quantitative estimate of drug-likeness (QED) is 0.631. The van der Waals surface area contributed by atoms with Crippen molar-refractivity contribution in [2.75, 3.05) is 14.2 Å². The third-order valence-corrected chi connectivity index (χ3v) is 4.25. The van der Waals surface area contributed by atoms with Crippen molar-refractivity contribution in [3.8, 4) is 11.5 Å². The first-order valence-electron chi connectivity index (χ1n) is 9.09. The maximum atomic E-state index is 13.1. The molecule has 0 spiro atoms. The van der Waals surface area contributed by atoms with Crippen LogP contribution in [0, 0.1) is 5.82 Å². The van der Waals surface area contributed by atoms with E-state index in [0.717, 1.165) is 5.56 Å². The number of carbonyl (C=O) groups excluding carboxylic acids is 1. The number of methoxy groups -OCH3 is 1. The van der Waals surface area contributed by atoms with Crippen LogP contribution < -0.4 is 4.74 Å². The summed E-state index contributed by atoms with van der Waals surface area (Å²) in [6.45, 7) is 4.92. The number of benzene rings is 2. The lowest BCUT2D eigenvalue weighted by Gasteiger charge is -2.21. The summed E-state index contributed by atoms with van der Waals surface area (Å²) in [4.78, 5) is 17.7. The molecule has 0 aliphatic carbocycles. The van der Waals surface area contributed by atoms with Crippen molar-refractivity contribution in [3.63, 3.8) is 0 Å². The summed E-state index contributed by atoms with van der Waals surface area (Å²) in [7, 11) is 3.40. The lowest BCUT2D eigenvalue weighted by atomic mass is 10.0. The van der Waals surface area contributed by atoms with Gasteiger partial charge in [0.1, 0.15) is 17.1 Å². The molecule has 0 radical (unpaired) electrons. The molecule has 0 unspecified atom stereocenters. The normalized spacial score (nSPS) is 10.5. The van der Waals surface area contributed by atoms with Gasteiger partial charge in [-0.05, 0) is 36.9 Å². The number of hydrogen-bond acceptors (Lipinski definition) is 5. The SMILES string of the molecule is CC.COc1c(CN(C)Cc2ccc(F)cc2)c(C=O)c(O)c2ncccc12. The molecule has 1 N–H and O–H groups in total. The molecule has 0 fully saturated rings. The highest BCUT2D eigenvalue weighted by atomic mass is 19.1. The highest BCUT2D eigenvalue weighted by Gasteiger charge is 2.21. The molecular formula is C22H25FN2O3. The van der Waals surface area contributed by atoms with E-state index in [1.54, 1.807) is 30.5 Å². The largest absolute Gasteiger partial charge is 0.505 e. The van der Waals surface area contributed by atoms with Gasteiger partial charge in [-0.15, -0.1) is 0 Å². The van der Waals surface area contributed by atoms with Gasteiger partial charge in [-0.3, -0.25) is 14.7 Å². The number of ether oxygens (including phenoxy) is 1. The Hall–Kier alpha value is -2.99. The summed E-state index contributed by atoms with van der Waals surface area (Å²) in [5, 5.41) is 11.1. The highest BCUT2D eigenvalue weighted by Crippen LogP contribution is 2.38. The smallest absolute Gasteiger partial charge is 0.154 e. The van der Waals surface area contributed by atoms with Crippen LogP contribution in [0.5, 0.6) is 11.5 Å². The van der Waals surface area contributed by atoms with Crippen LogP contribution in [-0.2, 0) is 13.1 Å². The molecular weight excluding hydrogens is 359 g/mol. The van der Waals surface area contributed by atoms with E-state index in [1.807, 2.05) is 25.8 Å². The van der Waals surface area contributed by atoms with Crippen molar-refractivity contribution >= 4 is 17.2 Å². The van der Waals surface area contributed by atoms with Gasteiger partial charge >= 0.3 is 0 Å². The fourth-order valence-corrected chi connectivity index (χ4v) is 3.08. The molecule has 0 aliphatic rings. The number of aldehydes is 1. The van der Waals surface area contributed by atoms with E-state index >= 15 is 0 Å². The minimum Gasteiger partial charge on any atom is -0.505 e. The van der Waals surface area contributed by atoms with Gasteiger partial charge in [0.15, 0.2) is 12.0 Å². The van der Waals surface area contributed by atoms with Gasteiger partial charge in [-0.1, -0.05) is 26.0 Å². The van der Waals surface area contributed by atoms with Crippen LogP contribution in [0.25, 0.3) is 10.9 Å². The number of aromatic hydroxyl groups is 1. The Bertz CT molecular complexity index is 943. The van der Waals surface area contributed by atoms with E-state index in [2.05, 4.69) is 4.98 Å². The zero-order valence-corrected chi connectivity index (χ0v) is 16.6. The lowest BCUT2D eigenvalue weighted by Crippen LogP contribution is -2.19. The van der Waals surface area contributed by atoms with Crippen molar-refractivity contribution in [1.82, 2.24) is 9.88 Å². The predicted octanol–water partition coefficient (Wildman–Crippen LogP) is 4.56. The topological polar surface area (TPSA) is 62.7 Å². The van der Waals surface area contributed by atoms with Gasteiger partial charge in [0, 0.05) is 30.2 Å². The third-order valence-electron chi connectivity index (χ3n) is 4.25. The fourth-order valence-electron chi connectivity index (χ4n) is 3.08. The number of phenols is 1. The van der Waals surface area contributed by atoms with Gasteiger partial charge in [-0.25, -0.2) is 4.39 Å². The molecule has 1 heterocycles. The van der Waals surface area contributed by atoms with Crippen LogP contribution in [0.4, 0.5) is 4.39 Å². The van der Waals surface area contributed by atoms with Crippen LogP contribution in [0.2, 0.25) is 0 Å². The number of phenolic OH excluding ortho intramolecular Hbond substituents is 1. The van der Waals surface area contributed by atoms with E-state index in [9.17, 15) is 14.3 Å². The molecule has 1 aromatic heterocycles. The number of nitrogens with zero attached hydrogens (tertiary/aromatic N) is 2. The van der Waals surface area contributed by atoms with Crippen LogP contribution in [0.15, 0.2) is 42.6 Å². The maximum absolute atomic E-state index is 13.1. The number of pyridine rings is 1. The number of hydrogen-bond donors (Lipinski definition) is 1. The molecule has 0 saturated carbocycles. The maximum Gasteiger partial charge on any atom is 0.154 e. The van der Waals surface area contributed by atoms with Crippen LogP contribution in [0.3, 0.4) is 0 Å². The molecule has 3 rings (SSSR count). The second-order valence-corrected chi connectivity index (χ2v) is 6.09. The van der Waals surface area contributed by atoms with E-state index < -0.39 is 0 Å². The fraction of sp³-hybridized carbons (Fsp3) is 0.273. The van der Waals surface area contributed by atoms with Crippen LogP contribution >= 0.6 is 0 Å². The van der Waals surface area contributed by atoms with Crippen molar-refractivity contribution in [2.45, 2.75) is 26.9 Å².